The minimum absolute atomic E-state index is 0.0611. The molecular formula is C14H14N2O3. The predicted octanol–water partition coefficient (Wildman–Crippen LogP) is 1.33. The Balaban J connectivity index is 1.73. The fourth-order valence-electron chi connectivity index (χ4n) is 1.51. The van der Waals surface area contributed by atoms with Gasteiger partial charge in [0.2, 0.25) is 5.91 Å². The molecule has 0 fully saturated rings. The summed E-state index contributed by atoms with van der Waals surface area (Å²) in [5.41, 5.74) is 0.529. The lowest BCUT2D eigenvalue weighted by Crippen LogP contribution is -2.36. The van der Waals surface area contributed by atoms with Crippen LogP contribution in [0.15, 0.2) is 53.1 Å². The number of rotatable bonds is 5. The molecule has 0 radical (unpaired) electrons. The lowest BCUT2D eigenvalue weighted by atomic mass is 10.2. The topological polar surface area (TPSA) is 71.3 Å². The second-order valence-electron chi connectivity index (χ2n) is 3.90. The molecule has 1 aromatic carbocycles. The van der Waals surface area contributed by atoms with E-state index in [9.17, 15) is 9.59 Å². The summed E-state index contributed by atoms with van der Waals surface area (Å²) < 4.78 is 5.08. The predicted molar refractivity (Wildman–Crippen MR) is 69.3 cm³/mol. The van der Waals surface area contributed by atoms with Crippen LogP contribution in [-0.4, -0.2) is 18.4 Å². The van der Waals surface area contributed by atoms with Crippen LogP contribution in [0.2, 0.25) is 0 Å². The molecule has 2 N–H and O–H groups in total. The second kappa shape index (κ2) is 6.39. The first kappa shape index (κ1) is 12.9. The lowest BCUT2D eigenvalue weighted by Gasteiger charge is -2.05. The molecule has 0 spiro atoms. The van der Waals surface area contributed by atoms with Gasteiger partial charge in [-0.2, -0.15) is 0 Å². The van der Waals surface area contributed by atoms with Crippen LogP contribution in [0.1, 0.15) is 16.1 Å². The molecule has 0 saturated carbocycles. The summed E-state index contributed by atoms with van der Waals surface area (Å²) in [6, 6.07) is 12.3. The highest BCUT2D eigenvalue weighted by molar-refractivity contribution is 5.96. The molecule has 2 rings (SSSR count). The molecule has 19 heavy (non-hydrogen) atoms. The first-order valence-electron chi connectivity index (χ1n) is 5.88. The fraction of sp³-hybridized carbons (Fsp3) is 0.143. The average molecular weight is 258 g/mol. The van der Waals surface area contributed by atoms with Crippen molar-refractivity contribution in [2.45, 2.75) is 6.54 Å². The number of hydrogen-bond acceptors (Lipinski definition) is 3. The van der Waals surface area contributed by atoms with Crippen LogP contribution in [-0.2, 0) is 11.3 Å². The number of amides is 2. The summed E-state index contributed by atoms with van der Waals surface area (Å²) in [5.74, 6) is 0.136. The molecule has 0 bridgehead atoms. The van der Waals surface area contributed by atoms with Gasteiger partial charge in [-0.25, -0.2) is 0 Å². The van der Waals surface area contributed by atoms with Gasteiger partial charge in [0.05, 0.1) is 19.4 Å². The largest absolute Gasteiger partial charge is 0.467 e. The molecule has 0 saturated heterocycles. The first-order chi connectivity index (χ1) is 9.25. The van der Waals surface area contributed by atoms with Gasteiger partial charge in [-0.1, -0.05) is 18.2 Å². The Labute approximate surface area is 110 Å². The highest BCUT2D eigenvalue weighted by Gasteiger charge is 2.07. The Hall–Kier alpha value is -2.56. The molecule has 2 aromatic rings. The molecule has 0 unspecified atom stereocenters. The number of nitrogens with one attached hydrogen (secondary N) is 2. The summed E-state index contributed by atoms with van der Waals surface area (Å²) in [5, 5.41) is 5.19. The monoisotopic (exact) mass is 258 g/mol. The van der Waals surface area contributed by atoms with E-state index in [2.05, 4.69) is 10.6 Å². The van der Waals surface area contributed by atoms with Crippen LogP contribution in [0.4, 0.5) is 0 Å². The van der Waals surface area contributed by atoms with Crippen molar-refractivity contribution in [3.05, 3.63) is 60.1 Å². The van der Waals surface area contributed by atoms with E-state index in [0.29, 0.717) is 17.9 Å². The van der Waals surface area contributed by atoms with Crippen molar-refractivity contribution < 1.29 is 14.0 Å². The summed E-state index contributed by atoms with van der Waals surface area (Å²) in [4.78, 5) is 23.2. The molecule has 1 aromatic heterocycles. The van der Waals surface area contributed by atoms with E-state index in [4.69, 9.17) is 4.42 Å². The fourth-order valence-corrected chi connectivity index (χ4v) is 1.51. The Morgan fingerprint density at radius 1 is 1.00 bits per heavy atom. The Morgan fingerprint density at radius 3 is 2.47 bits per heavy atom. The molecule has 0 aliphatic heterocycles. The number of hydrogen-bond donors (Lipinski definition) is 2. The third kappa shape index (κ3) is 3.99. The smallest absolute Gasteiger partial charge is 0.251 e. The van der Waals surface area contributed by atoms with E-state index >= 15 is 0 Å². The van der Waals surface area contributed by atoms with E-state index in [1.54, 1.807) is 42.7 Å². The third-order valence-electron chi connectivity index (χ3n) is 2.49. The van der Waals surface area contributed by atoms with Gasteiger partial charge in [0, 0.05) is 5.56 Å². The first-order valence-corrected chi connectivity index (χ1v) is 5.88. The van der Waals surface area contributed by atoms with Gasteiger partial charge in [0.1, 0.15) is 5.76 Å². The van der Waals surface area contributed by atoms with Crippen molar-refractivity contribution in [2.24, 2.45) is 0 Å². The molecule has 5 nitrogen and oxygen atoms in total. The van der Waals surface area contributed by atoms with Crippen LogP contribution >= 0.6 is 0 Å². The highest BCUT2D eigenvalue weighted by Crippen LogP contribution is 1.99. The van der Waals surface area contributed by atoms with Gasteiger partial charge in [-0.05, 0) is 24.3 Å². The summed E-state index contributed by atoms with van der Waals surface area (Å²) in [7, 11) is 0. The number of carbonyl (C=O) groups is 2. The van der Waals surface area contributed by atoms with Crippen LogP contribution in [0.5, 0.6) is 0 Å². The van der Waals surface area contributed by atoms with Crippen molar-refractivity contribution >= 4 is 11.8 Å². The van der Waals surface area contributed by atoms with Crippen LogP contribution in [0.3, 0.4) is 0 Å². The summed E-state index contributed by atoms with van der Waals surface area (Å²) in [6.07, 6.45) is 1.54. The van der Waals surface area contributed by atoms with Gasteiger partial charge in [-0.3, -0.25) is 9.59 Å². The van der Waals surface area contributed by atoms with Gasteiger partial charge < -0.3 is 15.1 Å². The zero-order valence-electron chi connectivity index (χ0n) is 10.3. The number of benzene rings is 1. The van der Waals surface area contributed by atoms with Crippen LogP contribution in [0.25, 0.3) is 0 Å². The Kier molecular flexibility index (Phi) is 4.34. The minimum atomic E-state index is -0.270. The third-order valence-corrected chi connectivity index (χ3v) is 2.49. The lowest BCUT2D eigenvalue weighted by molar-refractivity contribution is -0.120. The van der Waals surface area contributed by atoms with Crippen molar-refractivity contribution in [1.82, 2.24) is 10.6 Å². The minimum Gasteiger partial charge on any atom is -0.467 e. The standard InChI is InChI=1S/C14H14N2O3/c17-13(15-9-12-7-4-8-19-12)10-16-14(18)11-5-2-1-3-6-11/h1-8H,9-10H2,(H,15,17)(H,16,18). The zero-order chi connectivity index (χ0) is 13.5. The number of carbonyl (C=O) groups excluding carboxylic acids is 2. The molecular weight excluding hydrogens is 244 g/mol. The van der Waals surface area contributed by atoms with E-state index in [1.165, 1.54) is 0 Å². The Bertz CT molecular complexity index is 535. The van der Waals surface area contributed by atoms with Crippen molar-refractivity contribution in [3.63, 3.8) is 0 Å². The average Bonchev–Trinajstić information content (AvgIpc) is 2.96. The SMILES string of the molecule is O=C(CNC(=O)c1ccccc1)NCc1ccco1. The maximum absolute atomic E-state index is 11.7. The number of furan rings is 1. The Morgan fingerprint density at radius 2 is 1.79 bits per heavy atom. The molecule has 0 aliphatic rings. The van der Waals surface area contributed by atoms with E-state index in [1.807, 2.05) is 6.07 Å². The van der Waals surface area contributed by atoms with Gasteiger partial charge in [-0.15, -0.1) is 0 Å². The van der Waals surface area contributed by atoms with E-state index < -0.39 is 0 Å². The molecule has 98 valence electrons. The summed E-state index contributed by atoms with van der Waals surface area (Å²) in [6.45, 7) is 0.251. The molecule has 0 atom stereocenters. The maximum Gasteiger partial charge on any atom is 0.251 e. The van der Waals surface area contributed by atoms with Crippen molar-refractivity contribution in [2.75, 3.05) is 6.54 Å². The molecule has 1 heterocycles. The molecule has 2 amide bonds. The normalized spacial score (nSPS) is 9.89. The molecule has 5 heteroatoms. The maximum atomic E-state index is 11.7. The second-order valence-corrected chi connectivity index (χ2v) is 3.90. The zero-order valence-corrected chi connectivity index (χ0v) is 10.3. The van der Waals surface area contributed by atoms with E-state index in [-0.39, 0.29) is 18.4 Å². The molecule has 0 aliphatic carbocycles. The highest BCUT2D eigenvalue weighted by atomic mass is 16.3. The van der Waals surface area contributed by atoms with Gasteiger partial charge >= 0.3 is 0 Å². The quantitative estimate of drug-likeness (QED) is 0.849. The van der Waals surface area contributed by atoms with Crippen molar-refractivity contribution in [1.29, 1.82) is 0 Å². The van der Waals surface area contributed by atoms with Crippen molar-refractivity contribution in [3.8, 4) is 0 Å². The van der Waals surface area contributed by atoms with E-state index in [0.717, 1.165) is 0 Å². The summed E-state index contributed by atoms with van der Waals surface area (Å²) >= 11 is 0. The van der Waals surface area contributed by atoms with Crippen LogP contribution in [0, 0.1) is 0 Å². The van der Waals surface area contributed by atoms with Gasteiger partial charge in [0.15, 0.2) is 0 Å². The van der Waals surface area contributed by atoms with Gasteiger partial charge in [0.25, 0.3) is 5.91 Å². The van der Waals surface area contributed by atoms with Crippen LogP contribution < -0.4 is 10.6 Å².